The number of para-hydroxylation sites is 2. The standard InChI is InChI=1S/C56H34N3PSe/c61-60(53-32-35-13-1-3-15-40(35)43-17-5-8-20-46(43)53,54-33-36-14-2-4-16-41(36)44-18-6-9-21-47(44)54)39-27-30-50(57-34-39)38-26-28-42-37(31-38)25-29-48-45-19-7-10-22-49(45)56-58-51-23-11-12-24-52(51)59(56)55(42)48/h1-34H. The van der Waals surface area contributed by atoms with Gasteiger partial charge in [-0.05, 0) is 12.1 Å². The van der Waals surface area contributed by atoms with Crippen LogP contribution in [0.15, 0.2) is 206 Å². The first-order valence-electron chi connectivity index (χ1n) is 20.7. The molecule has 0 aliphatic rings. The van der Waals surface area contributed by atoms with E-state index >= 15 is 0 Å². The number of pyridine rings is 2. The molecule has 0 unspecified atom stereocenters. The molecule has 0 bridgehead atoms. The SMILES string of the molecule is [Se]=P(c1ccc(-c2ccc3c(ccc4c5ccccc5c5nc6ccccc6n5c34)c2)nc1)(c1cc2ccccc2c2ccccc12)c1cc2ccccc2c2ccccc12. The predicted molar refractivity (Wildman–Crippen MR) is 263 cm³/mol. The minimum absolute atomic E-state index is 0.945. The molecule has 5 heteroatoms. The van der Waals surface area contributed by atoms with Gasteiger partial charge in [0.1, 0.15) is 0 Å². The second-order valence-corrected chi connectivity index (χ2v) is 22.2. The van der Waals surface area contributed by atoms with E-state index in [0.717, 1.165) is 33.3 Å². The van der Waals surface area contributed by atoms with Crippen molar-refractivity contribution in [2.24, 2.45) is 0 Å². The van der Waals surface area contributed by atoms with Gasteiger partial charge in [-0.15, -0.1) is 0 Å². The van der Waals surface area contributed by atoms with Crippen molar-refractivity contribution in [3.63, 3.8) is 0 Å². The normalized spacial score (nSPS) is 12.3. The van der Waals surface area contributed by atoms with Crippen molar-refractivity contribution < 1.29 is 0 Å². The van der Waals surface area contributed by atoms with Gasteiger partial charge >= 0.3 is 296 Å². The summed E-state index contributed by atoms with van der Waals surface area (Å²) in [6.07, 6.45) is 2.14. The molecule has 0 fully saturated rings. The molecule has 0 aliphatic carbocycles. The quantitative estimate of drug-likeness (QED) is 0.100. The van der Waals surface area contributed by atoms with E-state index in [1.165, 1.54) is 86.1 Å². The molecular weight excluding hydrogens is 825 g/mol. The molecule has 0 saturated heterocycles. The second kappa shape index (κ2) is 13.3. The molecule has 10 aromatic carbocycles. The van der Waals surface area contributed by atoms with E-state index in [0.29, 0.717) is 0 Å². The van der Waals surface area contributed by atoms with E-state index in [1.54, 1.807) is 0 Å². The van der Waals surface area contributed by atoms with Gasteiger partial charge in [0.05, 0.1) is 5.52 Å². The van der Waals surface area contributed by atoms with Crippen molar-refractivity contribution in [3.05, 3.63) is 206 Å². The monoisotopic (exact) mass is 859 g/mol. The third kappa shape index (κ3) is 5.08. The molecule has 3 heterocycles. The average molecular weight is 859 g/mol. The van der Waals surface area contributed by atoms with E-state index in [9.17, 15) is 0 Å². The van der Waals surface area contributed by atoms with Crippen molar-refractivity contribution in [2.45, 2.75) is 0 Å². The molecule has 0 radical (unpaired) electrons. The number of benzene rings is 10. The Morgan fingerprint density at radius 1 is 0.410 bits per heavy atom. The number of hydrogen-bond acceptors (Lipinski definition) is 2. The molecule has 13 aromatic rings. The zero-order valence-electron chi connectivity index (χ0n) is 32.8. The van der Waals surface area contributed by atoms with Crippen molar-refractivity contribution in [1.82, 2.24) is 14.4 Å². The van der Waals surface area contributed by atoms with Crippen molar-refractivity contribution in [3.8, 4) is 11.3 Å². The van der Waals surface area contributed by atoms with Crippen LogP contribution < -0.4 is 15.9 Å². The molecule has 61 heavy (non-hydrogen) atoms. The van der Waals surface area contributed by atoms with E-state index in [1.807, 2.05) is 0 Å². The van der Waals surface area contributed by atoms with Gasteiger partial charge in [-0.2, -0.15) is 0 Å². The maximum absolute atomic E-state index is 5.34. The summed E-state index contributed by atoms with van der Waals surface area (Å²) in [5, 5.41) is 19.9. The molecule has 0 amide bonds. The summed E-state index contributed by atoms with van der Waals surface area (Å²) >= 11 is 3.95. The summed E-state index contributed by atoms with van der Waals surface area (Å²) in [5.74, 6) is 0. The summed E-state index contributed by atoms with van der Waals surface area (Å²) < 4.78 is 2.36. The first-order valence-corrected chi connectivity index (χ1v) is 24.7. The number of aromatic nitrogens is 3. The van der Waals surface area contributed by atoms with Crippen LogP contribution in [0.3, 0.4) is 0 Å². The van der Waals surface area contributed by atoms with Gasteiger partial charge in [-0.25, -0.2) is 4.98 Å². The Morgan fingerprint density at radius 3 is 1.57 bits per heavy atom. The molecule has 0 atom stereocenters. The minimum atomic E-state index is -2.46. The molecule has 0 spiro atoms. The van der Waals surface area contributed by atoms with Crippen LogP contribution in [0, 0.1) is 0 Å². The summed E-state index contributed by atoms with van der Waals surface area (Å²) in [4.78, 5) is 10.5. The molecule has 0 saturated carbocycles. The summed E-state index contributed by atoms with van der Waals surface area (Å²) in [5.41, 5.74) is 3.85. The van der Waals surface area contributed by atoms with E-state index in [-0.39, 0.29) is 0 Å². The van der Waals surface area contributed by atoms with Gasteiger partial charge in [0.15, 0.2) is 0 Å². The van der Waals surface area contributed by atoms with Gasteiger partial charge in [0.2, 0.25) is 0 Å². The molecule has 3 aromatic heterocycles. The Balaban J connectivity index is 1.03. The third-order valence-corrected chi connectivity index (χ3v) is 19.7. The van der Waals surface area contributed by atoms with Crippen molar-refractivity contribution in [2.75, 3.05) is 0 Å². The van der Waals surface area contributed by atoms with Crippen LogP contribution >= 0.6 is 5.51 Å². The maximum atomic E-state index is 5.34. The van der Waals surface area contributed by atoms with E-state index < -0.39 is 5.51 Å². The first-order chi connectivity index (χ1) is 30.1. The summed E-state index contributed by atoms with van der Waals surface area (Å²) in [6.45, 7) is 0. The molecule has 0 aliphatic heterocycles. The topological polar surface area (TPSA) is 30.2 Å². The van der Waals surface area contributed by atoms with E-state index in [4.69, 9.17) is 9.97 Å². The van der Waals surface area contributed by atoms with Crippen LogP contribution in [0.4, 0.5) is 0 Å². The number of hydrogen-bond donors (Lipinski definition) is 0. The molecular formula is C56H34N3PSe. The van der Waals surface area contributed by atoms with Crippen molar-refractivity contribution >= 4 is 129 Å². The summed E-state index contributed by atoms with van der Waals surface area (Å²) in [7, 11) is 0. The fraction of sp³-hybridized carbons (Fsp3) is 0. The Bertz CT molecular complexity index is 3910. The van der Waals surface area contributed by atoms with Crippen LogP contribution in [0.1, 0.15) is 0 Å². The molecule has 0 N–H and O–H groups in total. The van der Waals surface area contributed by atoms with Gasteiger partial charge in [0.25, 0.3) is 0 Å². The molecule has 13 rings (SSSR count). The number of rotatable bonds is 4. The van der Waals surface area contributed by atoms with Crippen molar-refractivity contribution in [1.29, 1.82) is 0 Å². The Labute approximate surface area is 358 Å². The Hall–Kier alpha value is -6.93. The number of nitrogens with zero attached hydrogens (tertiary/aromatic N) is 3. The third-order valence-electron chi connectivity index (χ3n) is 12.8. The van der Waals surface area contributed by atoms with Gasteiger partial charge in [0, 0.05) is 5.39 Å². The van der Waals surface area contributed by atoms with Crippen LogP contribution in [0.5, 0.6) is 0 Å². The Kier molecular flexibility index (Phi) is 7.60. The summed E-state index contributed by atoms with van der Waals surface area (Å²) in [6, 6.07) is 73.3. The zero-order chi connectivity index (χ0) is 40.2. The molecule has 284 valence electrons. The first kappa shape index (κ1) is 34.9. The van der Waals surface area contributed by atoms with Crippen LogP contribution in [-0.4, -0.2) is 29.5 Å². The second-order valence-electron chi connectivity index (χ2n) is 16.0. The number of fused-ring (bicyclic) bond motifs is 16. The van der Waals surface area contributed by atoms with E-state index in [2.05, 4.69) is 226 Å². The van der Waals surface area contributed by atoms with Crippen LogP contribution in [-0.2, 0) is 0 Å². The fourth-order valence-corrected chi connectivity index (χ4v) is 15.6. The Morgan fingerprint density at radius 2 is 0.934 bits per heavy atom. The predicted octanol–water partition coefficient (Wildman–Crippen LogP) is 13.0. The van der Waals surface area contributed by atoms with Gasteiger partial charge < -0.3 is 0 Å². The average Bonchev–Trinajstić information content (AvgIpc) is 3.73. The van der Waals surface area contributed by atoms with Crippen LogP contribution in [0.25, 0.3) is 103 Å². The van der Waals surface area contributed by atoms with Gasteiger partial charge in [-0.1, -0.05) is 36.4 Å². The van der Waals surface area contributed by atoms with Crippen LogP contribution in [0.2, 0.25) is 0 Å². The molecule has 3 nitrogen and oxygen atoms in total. The number of imidazole rings is 1. The zero-order valence-corrected chi connectivity index (χ0v) is 35.4. The fourth-order valence-electron chi connectivity index (χ4n) is 10.0. The van der Waals surface area contributed by atoms with Gasteiger partial charge in [-0.3, -0.25) is 0 Å².